The number of nitrogens with one attached hydrogen (secondary N) is 1. The molecular weight excluding hydrogens is 349 g/mol. The Morgan fingerprint density at radius 2 is 1.88 bits per heavy atom. The first-order chi connectivity index (χ1) is 11.2. The standard InChI is InChI=1S/C14H12ClF3N4O2/c1-22(2)13(23)20-8-3-5-9(6-4-8)24-11-10(14(16,17)18)7-19-12(15)21-11/h3-7H,1-2H3,(H,20,23). The topological polar surface area (TPSA) is 67.4 Å². The van der Waals surface area contributed by atoms with E-state index in [9.17, 15) is 18.0 Å². The van der Waals surface area contributed by atoms with E-state index in [1.54, 1.807) is 14.1 Å². The van der Waals surface area contributed by atoms with Crippen LogP contribution in [0.3, 0.4) is 0 Å². The number of rotatable bonds is 3. The number of urea groups is 1. The zero-order valence-corrected chi connectivity index (χ0v) is 13.3. The summed E-state index contributed by atoms with van der Waals surface area (Å²) in [5, 5.41) is 2.21. The predicted molar refractivity (Wildman–Crippen MR) is 81.3 cm³/mol. The van der Waals surface area contributed by atoms with Gasteiger partial charge < -0.3 is 15.0 Å². The Morgan fingerprint density at radius 3 is 2.42 bits per heavy atom. The van der Waals surface area contributed by atoms with Crippen molar-refractivity contribution in [2.24, 2.45) is 0 Å². The van der Waals surface area contributed by atoms with Gasteiger partial charge in [-0.05, 0) is 35.9 Å². The predicted octanol–water partition coefficient (Wildman–Crippen LogP) is 4.03. The third-order valence-corrected chi connectivity index (χ3v) is 2.94. The SMILES string of the molecule is CN(C)C(=O)Nc1ccc(Oc2nc(Cl)ncc2C(F)(F)F)cc1. The van der Waals surface area contributed by atoms with Gasteiger partial charge in [-0.2, -0.15) is 18.2 Å². The third kappa shape index (κ3) is 4.48. The van der Waals surface area contributed by atoms with Crippen LogP contribution in [0, 0.1) is 0 Å². The maximum atomic E-state index is 12.9. The number of nitrogens with zero attached hydrogens (tertiary/aromatic N) is 3. The summed E-state index contributed by atoms with van der Waals surface area (Å²) in [5.74, 6) is -0.606. The first-order valence-electron chi connectivity index (χ1n) is 6.53. The Bertz CT molecular complexity index is 736. The summed E-state index contributed by atoms with van der Waals surface area (Å²) in [5.41, 5.74) is -0.685. The van der Waals surface area contributed by atoms with Crippen LogP contribution < -0.4 is 10.1 Å². The molecule has 24 heavy (non-hydrogen) atoms. The number of halogens is 4. The van der Waals surface area contributed by atoms with Crippen molar-refractivity contribution < 1.29 is 22.7 Å². The molecule has 0 unspecified atom stereocenters. The summed E-state index contributed by atoms with van der Waals surface area (Å²) in [4.78, 5) is 19.6. The van der Waals surface area contributed by atoms with Crippen molar-refractivity contribution in [1.29, 1.82) is 0 Å². The fourth-order valence-corrected chi connectivity index (χ4v) is 1.70. The van der Waals surface area contributed by atoms with Gasteiger partial charge in [0.25, 0.3) is 0 Å². The minimum atomic E-state index is -4.68. The molecule has 0 atom stereocenters. The molecule has 1 aromatic heterocycles. The van der Waals surface area contributed by atoms with E-state index in [-0.39, 0.29) is 17.1 Å². The molecule has 0 saturated carbocycles. The number of anilines is 1. The molecule has 0 spiro atoms. The Morgan fingerprint density at radius 1 is 1.25 bits per heavy atom. The molecule has 0 fully saturated rings. The number of carbonyl (C=O) groups excluding carboxylic acids is 1. The number of hydrogen-bond donors (Lipinski definition) is 1. The summed E-state index contributed by atoms with van der Waals surface area (Å²) in [6, 6.07) is 5.40. The Kier molecular flexibility index (Phi) is 5.13. The normalized spacial score (nSPS) is 11.1. The summed E-state index contributed by atoms with van der Waals surface area (Å²) >= 11 is 5.52. The highest BCUT2D eigenvalue weighted by Crippen LogP contribution is 2.37. The molecule has 0 radical (unpaired) electrons. The van der Waals surface area contributed by atoms with Crippen LogP contribution >= 0.6 is 11.6 Å². The van der Waals surface area contributed by atoms with Gasteiger partial charge in [0.2, 0.25) is 11.2 Å². The molecule has 0 bridgehead atoms. The average Bonchev–Trinajstić information content (AvgIpc) is 2.48. The van der Waals surface area contributed by atoms with Gasteiger partial charge in [-0.25, -0.2) is 9.78 Å². The van der Waals surface area contributed by atoms with E-state index < -0.39 is 17.6 Å². The first-order valence-corrected chi connectivity index (χ1v) is 6.90. The molecule has 0 aliphatic rings. The molecule has 1 heterocycles. The number of ether oxygens (including phenoxy) is 1. The van der Waals surface area contributed by atoms with Crippen molar-refractivity contribution in [3.05, 3.63) is 41.3 Å². The van der Waals surface area contributed by atoms with E-state index in [1.165, 1.54) is 29.2 Å². The number of alkyl halides is 3. The Hall–Kier alpha value is -2.55. The fraction of sp³-hybridized carbons (Fsp3) is 0.214. The molecule has 1 aromatic carbocycles. The largest absolute Gasteiger partial charge is 0.438 e. The lowest BCUT2D eigenvalue weighted by molar-refractivity contribution is -0.139. The molecule has 0 saturated heterocycles. The van der Waals surface area contributed by atoms with E-state index in [4.69, 9.17) is 16.3 Å². The van der Waals surface area contributed by atoms with Gasteiger partial charge in [-0.15, -0.1) is 0 Å². The summed E-state index contributed by atoms with van der Waals surface area (Å²) in [6.45, 7) is 0. The van der Waals surface area contributed by atoms with E-state index >= 15 is 0 Å². The van der Waals surface area contributed by atoms with Gasteiger partial charge in [0.15, 0.2) is 0 Å². The number of carbonyl (C=O) groups is 1. The molecule has 1 N–H and O–H groups in total. The minimum Gasteiger partial charge on any atom is -0.438 e. The van der Waals surface area contributed by atoms with E-state index in [2.05, 4.69) is 15.3 Å². The lowest BCUT2D eigenvalue weighted by atomic mass is 10.3. The molecule has 2 aromatic rings. The second-order valence-corrected chi connectivity index (χ2v) is 5.14. The number of amides is 2. The quantitative estimate of drug-likeness (QED) is 0.839. The lowest BCUT2D eigenvalue weighted by Crippen LogP contribution is -2.27. The molecule has 0 aliphatic carbocycles. The maximum Gasteiger partial charge on any atom is 0.423 e. The molecular formula is C14H12ClF3N4O2. The van der Waals surface area contributed by atoms with Crippen molar-refractivity contribution in [3.8, 4) is 11.6 Å². The van der Waals surface area contributed by atoms with E-state index in [0.717, 1.165) is 0 Å². The van der Waals surface area contributed by atoms with Crippen molar-refractivity contribution >= 4 is 23.3 Å². The van der Waals surface area contributed by atoms with Crippen LogP contribution in [-0.2, 0) is 6.18 Å². The van der Waals surface area contributed by atoms with Crippen molar-refractivity contribution in [2.75, 3.05) is 19.4 Å². The zero-order valence-electron chi connectivity index (χ0n) is 12.6. The van der Waals surface area contributed by atoms with Crippen LogP contribution in [0.5, 0.6) is 11.6 Å². The number of benzene rings is 1. The van der Waals surface area contributed by atoms with Crippen LogP contribution in [0.4, 0.5) is 23.7 Å². The number of aromatic nitrogens is 2. The van der Waals surface area contributed by atoms with Crippen LogP contribution in [-0.4, -0.2) is 35.0 Å². The molecule has 2 amide bonds. The molecule has 128 valence electrons. The Balaban J connectivity index is 2.20. The van der Waals surface area contributed by atoms with E-state index in [0.29, 0.717) is 11.9 Å². The van der Waals surface area contributed by atoms with Gasteiger partial charge in [-0.1, -0.05) is 0 Å². The average molecular weight is 361 g/mol. The fourth-order valence-electron chi connectivity index (χ4n) is 1.57. The highest BCUT2D eigenvalue weighted by molar-refractivity contribution is 6.28. The maximum absolute atomic E-state index is 12.9. The van der Waals surface area contributed by atoms with Crippen molar-refractivity contribution in [1.82, 2.24) is 14.9 Å². The van der Waals surface area contributed by atoms with Crippen LogP contribution in [0.15, 0.2) is 30.5 Å². The molecule has 2 rings (SSSR count). The summed E-state index contributed by atoms with van der Waals surface area (Å²) < 4.78 is 43.9. The lowest BCUT2D eigenvalue weighted by Gasteiger charge is -2.14. The summed E-state index contributed by atoms with van der Waals surface area (Å²) in [7, 11) is 3.15. The second-order valence-electron chi connectivity index (χ2n) is 4.81. The molecule has 10 heteroatoms. The highest BCUT2D eigenvalue weighted by atomic mass is 35.5. The van der Waals surface area contributed by atoms with Gasteiger partial charge in [0, 0.05) is 26.0 Å². The van der Waals surface area contributed by atoms with Crippen molar-refractivity contribution in [2.45, 2.75) is 6.18 Å². The van der Waals surface area contributed by atoms with Crippen LogP contribution in [0.1, 0.15) is 5.56 Å². The smallest absolute Gasteiger partial charge is 0.423 e. The Labute approximate surface area is 140 Å². The highest BCUT2D eigenvalue weighted by Gasteiger charge is 2.36. The molecule has 0 aliphatic heterocycles. The van der Waals surface area contributed by atoms with Crippen LogP contribution in [0.25, 0.3) is 0 Å². The second kappa shape index (κ2) is 6.91. The van der Waals surface area contributed by atoms with Crippen molar-refractivity contribution in [3.63, 3.8) is 0 Å². The summed E-state index contributed by atoms with van der Waals surface area (Å²) in [6.07, 6.45) is -4.13. The monoisotopic (exact) mass is 360 g/mol. The zero-order chi connectivity index (χ0) is 17.9. The van der Waals surface area contributed by atoms with Gasteiger partial charge in [0.05, 0.1) is 0 Å². The van der Waals surface area contributed by atoms with Gasteiger partial charge >= 0.3 is 12.2 Å². The van der Waals surface area contributed by atoms with Crippen LogP contribution in [0.2, 0.25) is 5.28 Å². The molecule has 6 nitrogen and oxygen atoms in total. The third-order valence-electron chi connectivity index (χ3n) is 2.76. The minimum absolute atomic E-state index is 0.0955. The van der Waals surface area contributed by atoms with Gasteiger partial charge in [-0.3, -0.25) is 0 Å². The van der Waals surface area contributed by atoms with Gasteiger partial charge in [0.1, 0.15) is 11.3 Å². The number of hydrogen-bond acceptors (Lipinski definition) is 4. The van der Waals surface area contributed by atoms with E-state index in [1.807, 2.05) is 0 Å². The first kappa shape index (κ1) is 17.8.